The number of aliphatic hydroxyl groups is 2. The lowest BCUT2D eigenvalue weighted by molar-refractivity contribution is -0.117. The number of carbonyl (C=O) groups is 1. The Hall–Kier alpha value is -4.45. The van der Waals surface area contributed by atoms with Crippen molar-refractivity contribution < 1.29 is 50.1 Å². The predicted octanol–water partition coefficient (Wildman–Crippen LogP) is 2.98. The number of fused-ring (bicyclic) bond motifs is 1. The third kappa shape index (κ3) is 5.74. The van der Waals surface area contributed by atoms with E-state index in [0.29, 0.717) is 21.9 Å². The molecule has 0 aromatic heterocycles. The monoisotopic (exact) mass is 755 g/mol. The highest BCUT2D eigenvalue weighted by Gasteiger charge is 2.37. The van der Waals surface area contributed by atoms with Gasteiger partial charge < -0.3 is 25.4 Å². The predicted molar refractivity (Wildman–Crippen MR) is 197 cm³/mol. The van der Waals surface area contributed by atoms with Gasteiger partial charge in [-0.3, -0.25) is 22.7 Å². The lowest BCUT2D eigenvalue weighted by atomic mass is 9.78. The number of phenolic OH excluding ortho intramolecular Hbond substituents is 1. The van der Waals surface area contributed by atoms with Crippen LogP contribution >= 0.6 is 0 Å². The van der Waals surface area contributed by atoms with Crippen molar-refractivity contribution in [1.82, 2.24) is 0 Å². The first kappa shape index (κ1) is 37.3. The lowest BCUT2D eigenvalue weighted by Crippen LogP contribution is -2.20. The van der Waals surface area contributed by atoms with Crippen molar-refractivity contribution in [2.45, 2.75) is 45.8 Å². The van der Waals surface area contributed by atoms with Gasteiger partial charge in [0.05, 0.1) is 68.4 Å². The number of ketones is 1. The number of anilines is 1. The molecule has 5 aromatic rings. The fraction of sp³-hybridized carbons (Fsp3) is 0.361. The first-order valence-corrected chi connectivity index (χ1v) is 19.4. The van der Waals surface area contributed by atoms with Gasteiger partial charge in [-0.05, 0) is 77.1 Å². The normalized spacial score (nSPS) is 14.9. The van der Waals surface area contributed by atoms with Crippen LogP contribution in [-0.2, 0) is 53.0 Å². The highest BCUT2D eigenvalue weighted by Crippen LogP contribution is 2.56. The van der Waals surface area contributed by atoms with Crippen molar-refractivity contribution in [3.05, 3.63) is 66.0 Å². The Balaban J connectivity index is 1.95. The second-order valence-electron chi connectivity index (χ2n) is 12.8. The highest BCUT2D eigenvalue weighted by molar-refractivity contribution is 7.86. The lowest BCUT2D eigenvalue weighted by Gasteiger charge is -2.27. The minimum Gasteiger partial charge on any atom is -0.507 e. The van der Waals surface area contributed by atoms with Crippen LogP contribution in [0.4, 0.5) is 5.69 Å². The summed E-state index contributed by atoms with van der Waals surface area (Å²) in [6, 6.07) is 2.37. The summed E-state index contributed by atoms with van der Waals surface area (Å²) in [7, 11) is -4.45. The molecule has 0 amide bonds. The third-order valence-electron chi connectivity index (χ3n) is 9.90. The molecule has 0 bridgehead atoms. The van der Waals surface area contributed by atoms with Crippen molar-refractivity contribution in [2.24, 2.45) is 0 Å². The Bertz CT molecular complexity index is 2690. The average Bonchev–Trinajstić information content (AvgIpc) is 3.23. The van der Waals surface area contributed by atoms with E-state index < -0.39 is 67.5 Å². The maximum absolute atomic E-state index is 14.2. The van der Waals surface area contributed by atoms with Crippen molar-refractivity contribution in [2.75, 3.05) is 44.7 Å². The van der Waals surface area contributed by atoms with Gasteiger partial charge in [0.25, 0.3) is 20.2 Å². The Morgan fingerprint density at radius 2 is 1.37 bits per heavy atom. The average molecular weight is 756 g/mol. The highest BCUT2D eigenvalue weighted by atomic mass is 32.2. The Labute approximate surface area is 298 Å². The Morgan fingerprint density at radius 1 is 0.808 bits per heavy atom. The topological polar surface area (TPSA) is 220 Å². The molecule has 276 valence electrons. The first-order valence-electron chi connectivity index (χ1n) is 16.2. The number of nitrogens with one attached hydrogen (secondary N) is 1. The molecule has 52 heavy (non-hydrogen) atoms. The Kier molecular flexibility index (Phi) is 9.69. The van der Waals surface area contributed by atoms with E-state index in [2.05, 4.69) is 13.7 Å². The number of hydrogen-bond donors (Lipinski definition) is 4. The summed E-state index contributed by atoms with van der Waals surface area (Å²) in [5, 5.41) is 37.9. The molecule has 6 rings (SSSR count). The molecule has 1 unspecified atom stereocenters. The second kappa shape index (κ2) is 13.5. The number of methoxy groups -OCH3 is 1. The number of phenols is 1. The number of benzene rings is 5. The van der Waals surface area contributed by atoms with Crippen LogP contribution in [0.25, 0.3) is 49.2 Å². The summed E-state index contributed by atoms with van der Waals surface area (Å²) in [6.07, 6.45) is 1.62. The van der Waals surface area contributed by atoms with Gasteiger partial charge in [-0.1, -0.05) is 11.6 Å². The zero-order valence-corrected chi connectivity index (χ0v) is 30.6. The number of aliphatic hydroxyl groups excluding tert-OH is 2. The minimum atomic E-state index is -3.95. The molecular formula is C36H37NO13S2. The number of aromatic hydroxyl groups is 1. The second-order valence-corrected chi connectivity index (χ2v) is 16.5. The van der Waals surface area contributed by atoms with Gasteiger partial charge in [0.15, 0.2) is 10.9 Å². The zero-order chi connectivity index (χ0) is 38.0. The molecule has 16 heteroatoms. The van der Waals surface area contributed by atoms with Gasteiger partial charge in [0, 0.05) is 28.4 Å². The van der Waals surface area contributed by atoms with Crippen LogP contribution in [0.5, 0.6) is 11.5 Å². The van der Waals surface area contributed by atoms with Crippen LogP contribution in [0.3, 0.4) is 0 Å². The Morgan fingerprint density at radius 3 is 1.90 bits per heavy atom. The van der Waals surface area contributed by atoms with Gasteiger partial charge >= 0.3 is 0 Å². The number of Topliss-reactive ketones (excluding diaryl/α,β-unsaturated/α-hetero) is 1. The van der Waals surface area contributed by atoms with E-state index in [1.165, 1.54) is 26.2 Å². The fourth-order valence-corrected chi connectivity index (χ4v) is 9.01. The number of ether oxygens (including phenoxy) is 1. The van der Waals surface area contributed by atoms with E-state index in [1.54, 1.807) is 13.0 Å². The molecule has 4 N–H and O–H groups in total. The van der Waals surface area contributed by atoms with E-state index in [1.807, 2.05) is 0 Å². The van der Waals surface area contributed by atoms with E-state index >= 15 is 0 Å². The molecule has 1 aliphatic rings. The zero-order valence-electron chi connectivity index (χ0n) is 29.0. The van der Waals surface area contributed by atoms with Crippen molar-refractivity contribution in [1.29, 1.82) is 0 Å². The van der Waals surface area contributed by atoms with Gasteiger partial charge in [0.1, 0.15) is 17.3 Å². The molecule has 0 heterocycles. The third-order valence-corrected chi connectivity index (χ3v) is 12.4. The molecule has 1 aliphatic carbocycles. The maximum Gasteiger partial charge on any atom is 0.268 e. The largest absolute Gasteiger partial charge is 0.507 e. The summed E-state index contributed by atoms with van der Waals surface area (Å²) in [4.78, 5) is 41.8. The van der Waals surface area contributed by atoms with Crippen molar-refractivity contribution >= 4 is 80.9 Å². The number of rotatable bonds is 14. The maximum atomic E-state index is 14.2. The molecule has 0 saturated carbocycles. The number of hydrogen-bond acceptors (Lipinski definition) is 14. The van der Waals surface area contributed by atoms with Gasteiger partial charge in [-0.2, -0.15) is 16.8 Å². The van der Waals surface area contributed by atoms with E-state index in [0.717, 1.165) is 14.2 Å². The summed E-state index contributed by atoms with van der Waals surface area (Å²) < 4.78 is 64.3. The molecule has 0 saturated heterocycles. The molecule has 0 fully saturated rings. The van der Waals surface area contributed by atoms with Crippen LogP contribution in [0.1, 0.15) is 54.0 Å². The smallest absolute Gasteiger partial charge is 0.268 e. The molecule has 5 aromatic carbocycles. The molecule has 0 radical (unpaired) electrons. The minimum absolute atomic E-state index is 0.0186. The van der Waals surface area contributed by atoms with Crippen LogP contribution in [0.15, 0.2) is 27.3 Å². The summed E-state index contributed by atoms with van der Waals surface area (Å²) in [5.74, 6) is -2.63. The van der Waals surface area contributed by atoms with E-state index in [4.69, 9.17) is 4.74 Å². The van der Waals surface area contributed by atoms with E-state index in [9.17, 15) is 46.5 Å². The molecule has 14 nitrogen and oxygen atoms in total. The molecular weight excluding hydrogens is 719 g/mol. The molecule has 0 spiro atoms. The van der Waals surface area contributed by atoms with E-state index in [-0.39, 0.29) is 91.2 Å². The van der Waals surface area contributed by atoms with Gasteiger partial charge in [-0.25, -0.2) is 0 Å². The van der Waals surface area contributed by atoms with Crippen LogP contribution in [-0.4, -0.2) is 77.3 Å². The van der Waals surface area contributed by atoms with Crippen molar-refractivity contribution in [3.63, 3.8) is 0 Å². The van der Waals surface area contributed by atoms with Crippen LogP contribution < -0.4 is 20.9 Å². The van der Waals surface area contributed by atoms with Gasteiger partial charge in [-0.15, -0.1) is 0 Å². The summed E-state index contributed by atoms with van der Waals surface area (Å²) >= 11 is 0. The van der Waals surface area contributed by atoms with Crippen LogP contribution in [0.2, 0.25) is 0 Å². The SMILES string of the molecule is COc1c(NCCS(=O)(=O)OC)c2c(=O)cc(CO)c3c4c(CO)cc(=O)c5c(O)c(CCCS(=O)(=O)OC)c6c(c(c1C(C(C)=O)C(C)=C6)c23)c54. The van der Waals surface area contributed by atoms with Crippen molar-refractivity contribution in [3.8, 4) is 11.5 Å². The molecule has 0 aliphatic heterocycles. The number of allylic oxidation sites excluding steroid dienone is 1. The fourth-order valence-electron chi connectivity index (χ4n) is 7.83. The summed E-state index contributed by atoms with van der Waals surface area (Å²) in [5.41, 5.74) is 0.487. The summed E-state index contributed by atoms with van der Waals surface area (Å²) in [6.45, 7) is 1.55. The first-order chi connectivity index (χ1) is 24.6. The quantitative estimate of drug-likeness (QED) is 0.0728. The molecule has 1 atom stereocenters. The van der Waals surface area contributed by atoms with Gasteiger partial charge in [0.2, 0.25) is 0 Å². The van der Waals surface area contributed by atoms with Crippen LogP contribution in [0, 0.1) is 0 Å². The number of carbonyl (C=O) groups excluding carboxylic acids is 1. The standard InChI is InChI=1S/C36H37NO13S2/c1-16-11-21-20(7-6-9-51(44,45)49-4)35(43)29-23(42)13-19(15-39)25-26-18(14-38)12-22(41)28-31(26)32(27(21)30(25)29)33(24(16)17(2)40)36(48-3)34(28)37-8-10-52(46,47)50-5/h11-13,24,37-39,43H,6-10,14-15H2,1-5H3.